The summed E-state index contributed by atoms with van der Waals surface area (Å²) >= 11 is 0. The van der Waals surface area contributed by atoms with Crippen LogP contribution < -0.4 is 24.4 Å². The molecular weight excluding hydrogens is 420 g/mol. The Morgan fingerprint density at radius 1 is 1.06 bits per heavy atom. The number of anilines is 2. The van der Waals surface area contributed by atoms with Crippen molar-refractivity contribution in [1.82, 2.24) is 0 Å². The molecule has 0 radical (unpaired) electrons. The lowest BCUT2D eigenvalue weighted by Gasteiger charge is -2.30. The van der Waals surface area contributed by atoms with Gasteiger partial charge < -0.3 is 24.4 Å². The summed E-state index contributed by atoms with van der Waals surface area (Å²) in [5.74, 6) is 1.78. The minimum Gasteiger partial charge on any atom is -0.497 e. The number of ether oxygens (including phenoxy) is 3. The third-order valence-electron chi connectivity index (χ3n) is 5.29. The van der Waals surface area contributed by atoms with Crippen molar-refractivity contribution in [2.75, 3.05) is 37.1 Å². The number of hydrogen-bond acceptors (Lipinski definition) is 5. The zero-order valence-corrected chi connectivity index (χ0v) is 18.7. The summed E-state index contributed by atoms with van der Waals surface area (Å²) in [6, 6.07) is 20.1. The molecule has 0 spiro atoms. The van der Waals surface area contributed by atoms with Gasteiger partial charge >= 0.3 is 0 Å². The first-order valence-corrected chi connectivity index (χ1v) is 10.8. The molecule has 1 N–H and O–H groups in total. The maximum Gasteiger partial charge on any atom is 0.265 e. The minimum atomic E-state index is -0.207. The van der Waals surface area contributed by atoms with Crippen LogP contribution in [0.2, 0.25) is 0 Å². The van der Waals surface area contributed by atoms with E-state index in [-0.39, 0.29) is 18.4 Å². The van der Waals surface area contributed by atoms with Crippen LogP contribution in [0.3, 0.4) is 0 Å². The summed E-state index contributed by atoms with van der Waals surface area (Å²) in [6.07, 6.45) is 0.636. The van der Waals surface area contributed by atoms with E-state index in [9.17, 15) is 9.59 Å². The van der Waals surface area contributed by atoms with Gasteiger partial charge in [-0.1, -0.05) is 17.7 Å². The van der Waals surface area contributed by atoms with Crippen LogP contribution in [-0.4, -0.2) is 38.7 Å². The molecule has 4 rings (SSSR count). The molecule has 0 saturated heterocycles. The molecule has 0 bridgehead atoms. The molecule has 0 atom stereocenters. The molecule has 3 aromatic carbocycles. The van der Waals surface area contributed by atoms with Gasteiger partial charge in [-0.3, -0.25) is 9.59 Å². The van der Waals surface area contributed by atoms with Crippen LogP contribution in [0.4, 0.5) is 11.4 Å². The van der Waals surface area contributed by atoms with Gasteiger partial charge in [0.2, 0.25) is 0 Å². The number of aryl methyl sites for hydroxylation is 1. The molecule has 0 aromatic heterocycles. The van der Waals surface area contributed by atoms with Crippen LogP contribution in [0.5, 0.6) is 17.2 Å². The minimum absolute atomic E-state index is 0.0126. The number of methoxy groups -OCH3 is 1. The van der Waals surface area contributed by atoms with Gasteiger partial charge in [0.05, 0.1) is 19.4 Å². The number of nitrogens with one attached hydrogen (secondary N) is 1. The van der Waals surface area contributed by atoms with Gasteiger partial charge in [0.15, 0.2) is 6.61 Å². The number of hydrogen-bond donors (Lipinski definition) is 1. The molecule has 1 heterocycles. The van der Waals surface area contributed by atoms with Crippen molar-refractivity contribution in [1.29, 1.82) is 0 Å². The third kappa shape index (κ3) is 5.44. The van der Waals surface area contributed by atoms with Gasteiger partial charge in [-0.2, -0.15) is 0 Å². The third-order valence-corrected chi connectivity index (χ3v) is 5.29. The summed E-state index contributed by atoms with van der Waals surface area (Å²) in [6.45, 7) is 2.85. The summed E-state index contributed by atoms with van der Waals surface area (Å²) in [5, 5.41) is 2.90. The van der Waals surface area contributed by atoms with E-state index < -0.39 is 0 Å². The van der Waals surface area contributed by atoms with Crippen molar-refractivity contribution in [3.63, 3.8) is 0 Å². The highest BCUT2D eigenvalue weighted by molar-refractivity contribution is 6.05. The van der Waals surface area contributed by atoms with Crippen LogP contribution in [0, 0.1) is 6.92 Å². The van der Waals surface area contributed by atoms with Gasteiger partial charge in [-0.15, -0.1) is 0 Å². The van der Waals surface area contributed by atoms with E-state index in [0.717, 1.165) is 17.1 Å². The molecule has 1 aliphatic rings. The molecule has 1 aliphatic heterocycles. The average molecular weight is 447 g/mol. The molecule has 0 saturated carbocycles. The molecular formula is C26H26N2O5. The van der Waals surface area contributed by atoms with E-state index in [2.05, 4.69) is 5.32 Å². The van der Waals surface area contributed by atoms with Crippen molar-refractivity contribution in [3.8, 4) is 17.2 Å². The van der Waals surface area contributed by atoms with Crippen LogP contribution in [0.15, 0.2) is 66.7 Å². The SMILES string of the molecule is COc1ccc(OCCCN2C(=O)COc3ccc(NC(=O)c4cccc(C)c4)cc32)cc1. The molecule has 2 amide bonds. The zero-order chi connectivity index (χ0) is 23.2. The largest absolute Gasteiger partial charge is 0.497 e. The van der Waals surface area contributed by atoms with Crippen molar-refractivity contribution in [2.45, 2.75) is 13.3 Å². The van der Waals surface area contributed by atoms with Crippen molar-refractivity contribution in [2.24, 2.45) is 0 Å². The van der Waals surface area contributed by atoms with Crippen molar-refractivity contribution >= 4 is 23.2 Å². The molecule has 0 unspecified atom stereocenters. The number of nitrogens with zero attached hydrogens (tertiary/aromatic N) is 1. The van der Waals surface area contributed by atoms with Crippen molar-refractivity contribution < 1.29 is 23.8 Å². The Labute approximate surface area is 192 Å². The van der Waals surface area contributed by atoms with E-state index in [0.29, 0.717) is 42.3 Å². The molecule has 3 aromatic rings. The smallest absolute Gasteiger partial charge is 0.265 e. The molecule has 7 heteroatoms. The van der Waals surface area contributed by atoms with Crippen LogP contribution >= 0.6 is 0 Å². The van der Waals surface area contributed by atoms with E-state index in [1.165, 1.54) is 0 Å². The normalized spacial score (nSPS) is 12.5. The Balaban J connectivity index is 1.40. The maximum absolute atomic E-state index is 12.6. The summed E-state index contributed by atoms with van der Waals surface area (Å²) < 4.78 is 16.5. The number of amides is 2. The fraction of sp³-hybridized carbons (Fsp3) is 0.231. The number of fused-ring (bicyclic) bond motifs is 1. The molecule has 170 valence electrons. The zero-order valence-electron chi connectivity index (χ0n) is 18.7. The first kappa shape index (κ1) is 22.2. The number of carbonyl (C=O) groups is 2. The summed E-state index contributed by atoms with van der Waals surface area (Å²) in [7, 11) is 1.62. The monoisotopic (exact) mass is 446 g/mol. The van der Waals surface area contributed by atoms with Crippen LogP contribution in [0.1, 0.15) is 22.3 Å². The highest BCUT2D eigenvalue weighted by Gasteiger charge is 2.25. The molecule has 7 nitrogen and oxygen atoms in total. The van der Waals surface area contributed by atoms with Crippen LogP contribution in [0.25, 0.3) is 0 Å². The van der Waals surface area contributed by atoms with Gasteiger partial charge in [-0.05, 0) is 67.9 Å². The van der Waals surface area contributed by atoms with Gasteiger partial charge in [-0.25, -0.2) is 0 Å². The molecule has 0 fully saturated rings. The topological polar surface area (TPSA) is 77.1 Å². The summed E-state index contributed by atoms with van der Waals surface area (Å²) in [5.41, 5.74) is 2.82. The lowest BCUT2D eigenvalue weighted by Crippen LogP contribution is -2.39. The van der Waals surface area contributed by atoms with Crippen molar-refractivity contribution in [3.05, 3.63) is 77.9 Å². The van der Waals surface area contributed by atoms with E-state index in [1.807, 2.05) is 49.4 Å². The predicted octanol–water partition coefficient (Wildman–Crippen LogP) is 4.45. The van der Waals surface area contributed by atoms with Gasteiger partial charge in [0.1, 0.15) is 17.2 Å². The van der Waals surface area contributed by atoms with Gasteiger partial charge in [0.25, 0.3) is 11.8 Å². The standard InChI is InChI=1S/C26H26N2O5/c1-18-5-3-6-19(15-18)26(30)27-20-7-12-24-23(16-20)28(25(29)17-33-24)13-4-14-32-22-10-8-21(31-2)9-11-22/h3,5-12,15-16H,4,13-14,17H2,1-2H3,(H,27,30). The average Bonchev–Trinajstić information content (AvgIpc) is 2.83. The van der Waals surface area contributed by atoms with E-state index in [1.54, 1.807) is 36.3 Å². The van der Waals surface area contributed by atoms with Gasteiger partial charge in [0, 0.05) is 17.8 Å². The first-order chi connectivity index (χ1) is 16.0. The maximum atomic E-state index is 12.6. The lowest BCUT2D eigenvalue weighted by atomic mass is 10.1. The second-order valence-corrected chi connectivity index (χ2v) is 7.72. The number of benzene rings is 3. The highest BCUT2D eigenvalue weighted by Crippen LogP contribution is 2.35. The number of rotatable bonds is 8. The summed E-state index contributed by atoms with van der Waals surface area (Å²) in [4.78, 5) is 26.8. The quantitative estimate of drug-likeness (QED) is 0.518. The van der Waals surface area contributed by atoms with Crippen LogP contribution in [-0.2, 0) is 4.79 Å². The Kier molecular flexibility index (Phi) is 6.78. The van der Waals surface area contributed by atoms with E-state index in [4.69, 9.17) is 14.2 Å². The Morgan fingerprint density at radius 3 is 2.61 bits per heavy atom. The Bertz CT molecular complexity index is 1140. The lowest BCUT2D eigenvalue weighted by molar-refractivity contribution is -0.121. The first-order valence-electron chi connectivity index (χ1n) is 10.8. The Hall–Kier alpha value is -4.00. The second kappa shape index (κ2) is 10.1. The Morgan fingerprint density at radius 2 is 1.85 bits per heavy atom. The fourth-order valence-corrected chi connectivity index (χ4v) is 3.60. The molecule has 33 heavy (non-hydrogen) atoms. The van der Waals surface area contributed by atoms with E-state index >= 15 is 0 Å². The molecule has 0 aliphatic carbocycles. The number of carbonyl (C=O) groups excluding carboxylic acids is 2. The highest BCUT2D eigenvalue weighted by atomic mass is 16.5. The fourth-order valence-electron chi connectivity index (χ4n) is 3.60. The second-order valence-electron chi connectivity index (χ2n) is 7.72. The predicted molar refractivity (Wildman–Crippen MR) is 127 cm³/mol.